The van der Waals surface area contributed by atoms with Gasteiger partial charge in [0.25, 0.3) is 0 Å². The highest BCUT2D eigenvalue weighted by molar-refractivity contribution is 14.0. The molecule has 170 valence electrons. The fraction of sp³-hybridized carbons (Fsp3) is 0.435. The predicted octanol–water partition coefficient (Wildman–Crippen LogP) is 4.52. The molecule has 0 aliphatic carbocycles. The number of hydrogen-bond acceptors (Lipinski definition) is 5. The number of halogens is 1. The van der Waals surface area contributed by atoms with Crippen LogP contribution in [0.4, 0.5) is 0 Å². The minimum atomic E-state index is 0. The smallest absolute Gasteiger partial charge is 0.193 e. The van der Waals surface area contributed by atoms with Crippen molar-refractivity contribution in [2.75, 3.05) is 47.2 Å². The fourth-order valence-electron chi connectivity index (χ4n) is 3.63. The van der Waals surface area contributed by atoms with Gasteiger partial charge in [-0.2, -0.15) is 0 Å². The zero-order valence-electron chi connectivity index (χ0n) is 18.6. The van der Waals surface area contributed by atoms with Crippen molar-refractivity contribution in [3.05, 3.63) is 48.0 Å². The number of benzene rings is 2. The molecule has 6 nitrogen and oxygen atoms in total. The molecule has 1 unspecified atom stereocenters. The van der Waals surface area contributed by atoms with E-state index in [2.05, 4.69) is 45.5 Å². The second-order valence-electron chi connectivity index (χ2n) is 7.14. The van der Waals surface area contributed by atoms with Gasteiger partial charge in [0.1, 0.15) is 5.75 Å². The molecule has 3 rings (SSSR count). The summed E-state index contributed by atoms with van der Waals surface area (Å²) in [6.45, 7) is 2.63. The van der Waals surface area contributed by atoms with Crippen LogP contribution in [-0.4, -0.2) is 58.1 Å². The highest BCUT2D eigenvalue weighted by Crippen LogP contribution is 2.34. The maximum atomic E-state index is 5.54. The van der Waals surface area contributed by atoms with E-state index < -0.39 is 0 Å². The maximum absolute atomic E-state index is 5.54. The van der Waals surface area contributed by atoms with Gasteiger partial charge < -0.3 is 24.4 Å². The van der Waals surface area contributed by atoms with E-state index in [9.17, 15) is 0 Å². The molecule has 0 radical (unpaired) electrons. The number of likely N-dealkylation sites (tertiary alicyclic amines) is 1. The lowest BCUT2D eigenvalue weighted by atomic mass is 10.1. The second-order valence-corrected chi connectivity index (χ2v) is 8.24. The molecular formula is C23H32IN3O3S. The summed E-state index contributed by atoms with van der Waals surface area (Å²) in [6.07, 6.45) is 1.18. The summed E-state index contributed by atoms with van der Waals surface area (Å²) in [5.41, 5.74) is 0.992. The van der Waals surface area contributed by atoms with E-state index in [1.807, 2.05) is 30.9 Å². The average Bonchev–Trinajstić information content (AvgIpc) is 3.27. The Kier molecular flexibility index (Phi) is 10.6. The van der Waals surface area contributed by atoms with Crippen LogP contribution in [0.1, 0.15) is 12.0 Å². The molecule has 0 saturated carbocycles. The standard InChI is InChI=1S/C23H31N3O3S.HI/c1-24-23(25-14-18-12-21(28-3)22(29-4)13-20(18)27-2)26-11-10-17(15-26)16-30-19-8-6-5-7-9-19;/h5-9,12-13,17H,10-11,14-16H2,1-4H3,(H,24,25);1H. The number of nitrogens with one attached hydrogen (secondary N) is 1. The Morgan fingerprint density at radius 1 is 1.06 bits per heavy atom. The van der Waals surface area contributed by atoms with Crippen molar-refractivity contribution in [2.45, 2.75) is 17.9 Å². The van der Waals surface area contributed by atoms with Gasteiger partial charge in [0.05, 0.1) is 21.3 Å². The Morgan fingerprint density at radius 3 is 2.39 bits per heavy atom. The lowest BCUT2D eigenvalue weighted by Crippen LogP contribution is -2.39. The Labute approximate surface area is 206 Å². The Morgan fingerprint density at radius 2 is 1.74 bits per heavy atom. The van der Waals surface area contributed by atoms with Crippen molar-refractivity contribution < 1.29 is 14.2 Å². The largest absolute Gasteiger partial charge is 0.496 e. The van der Waals surface area contributed by atoms with Crippen LogP contribution < -0.4 is 19.5 Å². The number of guanidine groups is 1. The zero-order chi connectivity index (χ0) is 21.3. The molecule has 2 aromatic carbocycles. The molecular weight excluding hydrogens is 525 g/mol. The molecule has 31 heavy (non-hydrogen) atoms. The number of rotatable bonds is 8. The van der Waals surface area contributed by atoms with Crippen molar-refractivity contribution in [3.8, 4) is 17.2 Å². The molecule has 1 aliphatic rings. The van der Waals surface area contributed by atoms with Gasteiger partial charge in [0.15, 0.2) is 17.5 Å². The first-order valence-corrected chi connectivity index (χ1v) is 11.1. The Balaban J connectivity index is 0.00000341. The SMILES string of the molecule is CN=C(NCc1cc(OC)c(OC)cc1OC)N1CCC(CSc2ccccc2)C1.I. The molecule has 0 amide bonds. The topological polar surface area (TPSA) is 55.3 Å². The van der Waals surface area contributed by atoms with Gasteiger partial charge in [-0.25, -0.2) is 0 Å². The quantitative estimate of drug-likeness (QED) is 0.223. The summed E-state index contributed by atoms with van der Waals surface area (Å²) >= 11 is 1.93. The van der Waals surface area contributed by atoms with Crippen LogP contribution in [0.3, 0.4) is 0 Å². The lowest BCUT2D eigenvalue weighted by Gasteiger charge is -2.22. The summed E-state index contributed by atoms with van der Waals surface area (Å²) in [5, 5.41) is 3.48. The highest BCUT2D eigenvalue weighted by atomic mass is 127. The van der Waals surface area contributed by atoms with E-state index in [0.29, 0.717) is 24.0 Å². The van der Waals surface area contributed by atoms with Crippen LogP contribution in [0, 0.1) is 5.92 Å². The second kappa shape index (κ2) is 12.9. The van der Waals surface area contributed by atoms with Gasteiger partial charge in [-0.1, -0.05) is 18.2 Å². The van der Waals surface area contributed by atoms with E-state index in [-0.39, 0.29) is 24.0 Å². The number of thioether (sulfide) groups is 1. The van der Waals surface area contributed by atoms with E-state index in [0.717, 1.165) is 36.1 Å². The van der Waals surface area contributed by atoms with Crippen LogP contribution >= 0.6 is 35.7 Å². The van der Waals surface area contributed by atoms with Crippen molar-refractivity contribution in [1.82, 2.24) is 10.2 Å². The normalized spacial score (nSPS) is 15.9. The van der Waals surface area contributed by atoms with Gasteiger partial charge in [-0.3, -0.25) is 4.99 Å². The number of ether oxygens (including phenoxy) is 3. The number of hydrogen-bond donors (Lipinski definition) is 1. The number of aliphatic imine (C=N–C) groups is 1. The van der Waals surface area contributed by atoms with E-state index >= 15 is 0 Å². The van der Waals surface area contributed by atoms with E-state index in [1.165, 1.54) is 11.3 Å². The molecule has 1 heterocycles. The summed E-state index contributed by atoms with van der Waals surface area (Å²) in [7, 11) is 6.75. The van der Waals surface area contributed by atoms with Crippen molar-refractivity contribution >= 4 is 41.7 Å². The first kappa shape index (κ1) is 25.5. The third kappa shape index (κ3) is 6.83. The highest BCUT2D eigenvalue weighted by Gasteiger charge is 2.25. The minimum Gasteiger partial charge on any atom is -0.496 e. The van der Waals surface area contributed by atoms with Crippen LogP contribution in [0.5, 0.6) is 17.2 Å². The first-order valence-electron chi connectivity index (χ1n) is 10.1. The number of methoxy groups -OCH3 is 3. The summed E-state index contributed by atoms with van der Waals surface area (Å²) in [4.78, 5) is 8.17. The lowest BCUT2D eigenvalue weighted by molar-refractivity contribution is 0.347. The molecule has 0 spiro atoms. The molecule has 0 aromatic heterocycles. The summed E-state index contributed by atoms with van der Waals surface area (Å²) in [5.74, 6) is 4.80. The summed E-state index contributed by atoms with van der Waals surface area (Å²) in [6, 6.07) is 14.4. The van der Waals surface area contributed by atoms with Gasteiger partial charge in [-0.05, 0) is 30.5 Å². The van der Waals surface area contributed by atoms with Crippen LogP contribution in [0.25, 0.3) is 0 Å². The Hall–Kier alpha value is -1.81. The molecule has 1 N–H and O–H groups in total. The Bertz CT molecular complexity index is 851. The third-order valence-corrected chi connectivity index (χ3v) is 6.49. The molecule has 0 bridgehead atoms. The first-order chi connectivity index (χ1) is 14.7. The van der Waals surface area contributed by atoms with E-state index in [1.54, 1.807) is 21.3 Å². The van der Waals surface area contributed by atoms with Crippen LogP contribution in [0.15, 0.2) is 52.4 Å². The van der Waals surface area contributed by atoms with Gasteiger partial charge in [-0.15, -0.1) is 35.7 Å². The molecule has 8 heteroatoms. The van der Waals surface area contributed by atoms with E-state index in [4.69, 9.17) is 14.2 Å². The number of nitrogens with zero attached hydrogens (tertiary/aromatic N) is 2. The zero-order valence-corrected chi connectivity index (χ0v) is 21.7. The van der Waals surface area contributed by atoms with Crippen LogP contribution in [-0.2, 0) is 6.54 Å². The van der Waals surface area contributed by atoms with Crippen molar-refractivity contribution in [2.24, 2.45) is 10.9 Å². The van der Waals surface area contributed by atoms with Crippen molar-refractivity contribution in [1.29, 1.82) is 0 Å². The molecule has 2 aromatic rings. The summed E-state index contributed by atoms with van der Waals surface area (Å²) < 4.78 is 16.3. The van der Waals surface area contributed by atoms with Gasteiger partial charge >= 0.3 is 0 Å². The predicted molar refractivity (Wildman–Crippen MR) is 139 cm³/mol. The molecule has 1 atom stereocenters. The maximum Gasteiger partial charge on any atom is 0.193 e. The third-order valence-electron chi connectivity index (χ3n) is 5.25. The van der Waals surface area contributed by atoms with Crippen LogP contribution in [0.2, 0.25) is 0 Å². The average molecular weight is 557 g/mol. The van der Waals surface area contributed by atoms with Gasteiger partial charge in [0.2, 0.25) is 0 Å². The molecule has 1 saturated heterocycles. The molecule has 1 aliphatic heterocycles. The fourth-order valence-corrected chi connectivity index (χ4v) is 4.68. The van der Waals surface area contributed by atoms with Crippen molar-refractivity contribution in [3.63, 3.8) is 0 Å². The minimum absolute atomic E-state index is 0. The molecule has 1 fully saturated rings. The monoisotopic (exact) mass is 557 g/mol. The van der Waals surface area contributed by atoms with Gasteiger partial charge in [0, 0.05) is 49.0 Å².